The molecular formula is C27H47NO3. The van der Waals surface area contributed by atoms with Crippen molar-refractivity contribution in [2.24, 2.45) is 0 Å². The summed E-state index contributed by atoms with van der Waals surface area (Å²) in [5.41, 5.74) is 1.13. The Balaban J connectivity index is 1.98. The van der Waals surface area contributed by atoms with E-state index in [-0.39, 0.29) is 11.8 Å². The van der Waals surface area contributed by atoms with Crippen LogP contribution in [-0.2, 0) is 6.42 Å². The van der Waals surface area contributed by atoms with Crippen molar-refractivity contribution in [2.75, 3.05) is 0 Å². The Bertz CT molecular complexity index is 544. The highest BCUT2D eigenvalue weighted by Crippen LogP contribution is 2.16. The zero-order chi connectivity index (χ0) is 22.6. The number of hydrogen-bond donors (Lipinski definition) is 3. The van der Waals surface area contributed by atoms with Crippen LogP contribution < -0.4 is 5.32 Å². The molecule has 0 fully saturated rings. The maximum atomic E-state index is 11.1. The molecule has 31 heavy (non-hydrogen) atoms. The van der Waals surface area contributed by atoms with Crippen LogP contribution in [0.3, 0.4) is 0 Å². The van der Waals surface area contributed by atoms with E-state index in [0.29, 0.717) is 0 Å². The predicted octanol–water partition coefficient (Wildman–Crippen LogP) is 8.22. The molecular weight excluding hydrogens is 386 g/mol. The summed E-state index contributed by atoms with van der Waals surface area (Å²) in [6.07, 6.45) is 21.8. The van der Waals surface area contributed by atoms with E-state index in [0.717, 1.165) is 31.2 Å². The van der Waals surface area contributed by atoms with Crippen LogP contribution in [0.5, 0.6) is 5.75 Å². The molecule has 0 spiro atoms. The molecule has 0 aliphatic carbocycles. The SMILES string of the molecule is CCCCCCCCCCCCCCCCCC(CCc1ccc(O)cc1)NC(=O)O. The Labute approximate surface area is 190 Å². The number of rotatable bonds is 20. The average Bonchev–Trinajstić information content (AvgIpc) is 2.75. The van der Waals surface area contributed by atoms with Gasteiger partial charge in [-0.1, -0.05) is 115 Å². The molecule has 1 unspecified atom stereocenters. The standard InChI is InChI=1S/C27H47NO3/c1-2-3-4-5-6-7-8-9-10-11-12-13-14-15-16-17-25(28-27(30)31)21-18-24-19-22-26(29)23-20-24/h19-20,22-23,25,28-29H,2-18,21H2,1H3,(H,30,31). The molecule has 4 nitrogen and oxygen atoms in total. The van der Waals surface area contributed by atoms with E-state index in [1.54, 1.807) is 12.1 Å². The molecule has 0 saturated carbocycles. The Hall–Kier alpha value is -1.71. The highest BCUT2D eigenvalue weighted by Gasteiger charge is 2.11. The van der Waals surface area contributed by atoms with Gasteiger partial charge in [0.1, 0.15) is 5.75 Å². The number of unbranched alkanes of at least 4 members (excludes halogenated alkanes) is 14. The molecule has 0 aromatic heterocycles. The molecule has 0 aliphatic rings. The van der Waals surface area contributed by atoms with Gasteiger partial charge in [0.25, 0.3) is 0 Å². The van der Waals surface area contributed by atoms with Gasteiger partial charge in [-0.25, -0.2) is 4.79 Å². The van der Waals surface area contributed by atoms with Gasteiger partial charge in [-0.3, -0.25) is 0 Å². The molecule has 1 rings (SSSR count). The molecule has 0 bridgehead atoms. The summed E-state index contributed by atoms with van der Waals surface area (Å²) in [6, 6.07) is 7.18. The Kier molecular flexibility index (Phi) is 16.8. The number of hydrogen-bond acceptors (Lipinski definition) is 2. The monoisotopic (exact) mass is 433 g/mol. The van der Waals surface area contributed by atoms with Gasteiger partial charge in [0.05, 0.1) is 0 Å². The van der Waals surface area contributed by atoms with Crippen LogP contribution >= 0.6 is 0 Å². The van der Waals surface area contributed by atoms with Crippen molar-refractivity contribution in [3.8, 4) is 5.75 Å². The first-order valence-electron chi connectivity index (χ1n) is 12.9. The van der Waals surface area contributed by atoms with Crippen molar-refractivity contribution in [1.82, 2.24) is 5.32 Å². The fourth-order valence-corrected chi connectivity index (χ4v) is 4.23. The minimum atomic E-state index is -0.934. The first-order valence-corrected chi connectivity index (χ1v) is 12.9. The predicted molar refractivity (Wildman–Crippen MR) is 131 cm³/mol. The minimum Gasteiger partial charge on any atom is -0.508 e. The molecule has 1 amide bonds. The lowest BCUT2D eigenvalue weighted by atomic mass is 9.99. The lowest BCUT2D eigenvalue weighted by molar-refractivity contribution is 0.188. The second kappa shape index (κ2) is 19.0. The molecule has 1 atom stereocenters. The van der Waals surface area contributed by atoms with Gasteiger partial charge >= 0.3 is 6.09 Å². The summed E-state index contributed by atoms with van der Waals surface area (Å²) >= 11 is 0. The van der Waals surface area contributed by atoms with Gasteiger partial charge in [-0.05, 0) is 37.0 Å². The fraction of sp³-hybridized carbons (Fsp3) is 0.741. The van der Waals surface area contributed by atoms with Crippen molar-refractivity contribution < 1.29 is 15.0 Å². The van der Waals surface area contributed by atoms with E-state index < -0.39 is 6.09 Å². The van der Waals surface area contributed by atoms with Gasteiger partial charge in [-0.15, -0.1) is 0 Å². The summed E-state index contributed by atoms with van der Waals surface area (Å²) < 4.78 is 0. The lowest BCUT2D eigenvalue weighted by Crippen LogP contribution is -2.34. The second-order valence-electron chi connectivity index (χ2n) is 9.09. The van der Waals surface area contributed by atoms with Crippen molar-refractivity contribution in [2.45, 2.75) is 129 Å². The van der Waals surface area contributed by atoms with Crippen molar-refractivity contribution in [1.29, 1.82) is 0 Å². The number of carbonyl (C=O) groups is 1. The Morgan fingerprint density at radius 3 is 1.65 bits per heavy atom. The zero-order valence-electron chi connectivity index (χ0n) is 19.9. The summed E-state index contributed by atoms with van der Waals surface area (Å²) in [4.78, 5) is 11.1. The quantitative estimate of drug-likeness (QED) is 0.181. The number of phenolic OH excluding ortho intramolecular Hbond substituents is 1. The summed E-state index contributed by atoms with van der Waals surface area (Å²) in [5.74, 6) is 0.266. The number of phenols is 1. The topological polar surface area (TPSA) is 69.6 Å². The van der Waals surface area contributed by atoms with Gasteiger partial charge in [0.15, 0.2) is 0 Å². The van der Waals surface area contributed by atoms with Crippen LogP contribution in [0.4, 0.5) is 4.79 Å². The average molecular weight is 434 g/mol. The molecule has 0 saturated heterocycles. The molecule has 178 valence electrons. The van der Waals surface area contributed by atoms with Crippen molar-refractivity contribution >= 4 is 6.09 Å². The van der Waals surface area contributed by atoms with Crippen LogP contribution in [0, 0.1) is 0 Å². The molecule has 0 radical (unpaired) electrons. The van der Waals surface area contributed by atoms with Crippen LogP contribution in [0.15, 0.2) is 24.3 Å². The Morgan fingerprint density at radius 1 is 0.742 bits per heavy atom. The Morgan fingerprint density at radius 2 is 1.19 bits per heavy atom. The van der Waals surface area contributed by atoms with E-state index in [9.17, 15) is 9.90 Å². The number of benzene rings is 1. The highest BCUT2D eigenvalue weighted by atomic mass is 16.4. The van der Waals surface area contributed by atoms with Crippen molar-refractivity contribution in [3.63, 3.8) is 0 Å². The van der Waals surface area contributed by atoms with Gasteiger partial charge in [0.2, 0.25) is 0 Å². The maximum Gasteiger partial charge on any atom is 0.404 e. The van der Waals surface area contributed by atoms with Crippen LogP contribution in [-0.4, -0.2) is 22.3 Å². The van der Waals surface area contributed by atoms with Gasteiger partial charge in [0, 0.05) is 6.04 Å². The largest absolute Gasteiger partial charge is 0.508 e. The number of carboxylic acid groups (broad SMARTS) is 1. The number of amides is 1. The molecule has 4 heteroatoms. The van der Waals surface area contributed by atoms with Crippen LogP contribution in [0.25, 0.3) is 0 Å². The number of aromatic hydroxyl groups is 1. The van der Waals surface area contributed by atoms with Gasteiger partial charge < -0.3 is 15.5 Å². The molecule has 1 aromatic rings. The molecule has 3 N–H and O–H groups in total. The molecule has 1 aromatic carbocycles. The van der Waals surface area contributed by atoms with E-state index in [4.69, 9.17) is 5.11 Å². The zero-order valence-corrected chi connectivity index (χ0v) is 19.9. The molecule has 0 heterocycles. The normalized spacial score (nSPS) is 12.0. The highest BCUT2D eigenvalue weighted by molar-refractivity contribution is 5.64. The third-order valence-corrected chi connectivity index (χ3v) is 6.20. The first-order chi connectivity index (χ1) is 15.1. The maximum absolute atomic E-state index is 11.1. The second-order valence-corrected chi connectivity index (χ2v) is 9.09. The van der Waals surface area contributed by atoms with Crippen LogP contribution in [0.1, 0.15) is 122 Å². The third kappa shape index (κ3) is 16.6. The number of nitrogens with one attached hydrogen (secondary N) is 1. The smallest absolute Gasteiger partial charge is 0.404 e. The first kappa shape index (κ1) is 27.3. The van der Waals surface area contributed by atoms with E-state index in [1.165, 1.54) is 89.9 Å². The number of aryl methyl sites for hydroxylation is 1. The minimum absolute atomic E-state index is 0.00766. The van der Waals surface area contributed by atoms with E-state index in [2.05, 4.69) is 12.2 Å². The lowest BCUT2D eigenvalue weighted by Gasteiger charge is -2.17. The van der Waals surface area contributed by atoms with Crippen molar-refractivity contribution in [3.05, 3.63) is 29.8 Å². The molecule has 0 aliphatic heterocycles. The summed E-state index contributed by atoms with van der Waals surface area (Å²) in [5, 5.41) is 21.1. The summed E-state index contributed by atoms with van der Waals surface area (Å²) in [6.45, 7) is 2.27. The van der Waals surface area contributed by atoms with Gasteiger partial charge in [-0.2, -0.15) is 0 Å². The summed E-state index contributed by atoms with van der Waals surface area (Å²) in [7, 11) is 0. The fourth-order valence-electron chi connectivity index (χ4n) is 4.23. The van der Waals surface area contributed by atoms with Crippen LogP contribution in [0.2, 0.25) is 0 Å². The third-order valence-electron chi connectivity index (χ3n) is 6.20. The van der Waals surface area contributed by atoms with E-state index >= 15 is 0 Å². The van der Waals surface area contributed by atoms with E-state index in [1.807, 2.05) is 12.1 Å².